The summed E-state index contributed by atoms with van der Waals surface area (Å²) in [4.78, 5) is 11.3. The second-order valence-electron chi connectivity index (χ2n) is 5.47. The molecule has 0 amide bonds. The molecule has 0 saturated carbocycles. The molecule has 0 atom stereocenters. The summed E-state index contributed by atoms with van der Waals surface area (Å²) in [7, 11) is 0. The molecule has 0 radical (unpaired) electrons. The smallest absolute Gasteiger partial charge is 0.416 e. The fraction of sp³-hybridized carbons (Fsp3) is 0.211. The highest BCUT2D eigenvalue weighted by atomic mass is 19.4. The average Bonchev–Trinajstić information content (AvgIpc) is 2.57. The van der Waals surface area contributed by atoms with Gasteiger partial charge in [0.2, 0.25) is 0 Å². The first-order valence-corrected chi connectivity index (χ1v) is 7.49. The summed E-state index contributed by atoms with van der Waals surface area (Å²) >= 11 is 0. The number of hydrogen-bond donors (Lipinski definition) is 0. The number of rotatable bonds is 3. The molecule has 0 aliphatic heterocycles. The van der Waals surface area contributed by atoms with Crippen molar-refractivity contribution in [2.75, 3.05) is 6.61 Å². The van der Waals surface area contributed by atoms with Gasteiger partial charge in [-0.25, -0.2) is 0 Å². The maximum Gasteiger partial charge on any atom is 0.416 e. The van der Waals surface area contributed by atoms with Crippen molar-refractivity contribution >= 4 is 5.78 Å². The summed E-state index contributed by atoms with van der Waals surface area (Å²) in [6, 6.07) is 7.26. The van der Waals surface area contributed by atoms with Gasteiger partial charge < -0.3 is 4.74 Å². The lowest BCUT2D eigenvalue weighted by atomic mass is 10.1. The number of carbonyl (C=O) groups excluding carboxylic acids is 1. The third kappa shape index (κ3) is 5.78. The van der Waals surface area contributed by atoms with Crippen molar-refractivity contribution in [2.45, 2.75) is 19.3 Å². The molecule has 0 unspecified atom stereocenters. The molecule has 2 rings (SSSR count). The Bertz CT molecular complexity index is 869. The Hall–Kier alpha value is -2.95. The Morgan fingerprint density at radius 1 is 0.963 bits per heavy atom. The molecule has 0 N–H and O–H groups in total. The molecule has 0 bridgehead atoms. The lowest BCUT2D eigenvalue weighted by Gasteiger charge is -2.12. The van der Waals surface area contributed by atoms with E-state index >= 15 is 0 Å². The number of alkyl halides is 6. The molecule has 0 spiro atoms. The van der Waals surface area contributed by atoms with Crippen LogP contribution < -0.4 is 4.74 Å². The zero-order chi connectivity index (χ0) is 20.2. The van der Waals surface area contributed by atoms with Gasteiger partial charge in [0, 0.05) is 11.1 Å². The first kappa shape index (κ1) is 20.4. The largest absolute Gasteiger partial charge is 0.481 e. The standard InChI is InChI=1S/C19H12F6O2/c1-12(26)14-5-2-6-17(10-14)27-7-3-4-13-8-15(18(20,21)22)11-16(9-13)19(23,24)25/h2,5-6,8-11H,7H2,1H3. The van der Waals surface area contributed by atoms with Gasteiger partial charge >= 0.3 is 12.4 Å². The van der Waals surface area contributed by atoms with Crippen molar-refractivity contribution in [1.82, 2.24) is 0 Å². The van der Waals surface area contributed by atoms with Crippen LogP contribution in [0, 0.1) is 11.8 Å². The van der Waals surface area contributed by atoms with Gasteiger partial charge in [-0.05, 0) is 37.3 Å². The van der Waals surface area contributed by atoms with Crippen LogP contribution in [-0.4, -0.2) is 12.4 Å². The van der Waals surface area contributed by atoms with E-state index in [1.54, 1.807) is 18.2 Å². The monoisotopic (exact) mass is 386 g/mol. The highest BCUT2D eigenvalue weighted by molar-refractivity contribution is 5.94. The lowest BCUT2D eigenvalue weighted by molar-refractivity contribution is -0.143. The normalized spacial score (nSPS) is 11.5. The number of halogens is 6. The number of Topliss-reactive ketones (excluding diaryl/α,β-unsaturated/α-hetero) is 1. The SMILES string of the molecule is CC(=O)c1cccc(OCC#Cc2cc(C(F)(F)F)cc(C(F)(F)F)c2)c1. The number of benzene rings is 2. The summed E-state index contributed by atoms with van der Waals surface area (Å²) in [6.45, 7) is 1.09. The van der Waals surface area contributed by atoms with Gasteiger partial charge in [0.25, 0.3) is 0 Å². The summed E-state index contributed by atoms with van der Waals surface area (Å²) in [5.74, 6) is 4.72. The van der Waals surface area contributed by atoms with Gasteiger partial charge in [0.05, 0.1) is 11.1 Å². The van der Waals surface area contributed by atoms with Crippen molar-refractivity contribution in [3.05, 3.63) is 64.7 Å². The van der Waals surface area contributed by atoms with Gasteiger partial charge in [-0.15, -0.1) is 0 Å². The van der Waals surface area contributed by atoms with E-state index < -0.39 is 29.0 Å². The topological polar surface area (TPSA) is 26.3 Å². The highest BCUT2D eigenvalue weighted by Gasteiger charge is 2.36. The molecule has 142 valence electrons. The van der Waals surface area contributed by atoms with Crippen molar-refractivity contribution < 1.29 is 35.9 Å². The van der Waals surface area contributed by atoms with Gasteiger partial charge in [0.1, 0.15) is 12.4 Å². The molecule has 0 aliphatic carbocycles. The summed E-state index contributed by atoms with van der Waals surface area (Å²) in [6.07, 6.45) is -9.86. The van der Waals surface area contributed by atoms with Crippen LogP contribution in [0.25, 0.3) is 0 Å². The fourth-order valence-corrected chi connectivity index (χ4v) is 2.09. The minimum Gasteiger partial charge on any atom is -0.481 e. The van der Waals surface area contributed by atoms with E-state index in [0.29, 0.717) is 23.4 Å². The molecular weight excluding hydrogens is 374 g/mol. The van der Waals surface area contributed by atoms with Gasteiger partial charge in [-0.1, -0.05) is 24.0 Å². The average molecular weight is 386 g/mol. The van der Waals surface area contributed by atoms with Crippen molar-refractivity contribution in [2.24, 2.45) is 0 Å². The van der Waals surface area contributed by atoms with Crippen LogP contribution in [-0.2, 0) is 12.4 Å². The quantitative estimate of drug-likeness (QED) is 0.403. The second-order valence-corrected chi connectivity index (χ2v) is 5.47. The molecule has 0 saturated heterocycles. The summed E-state index contributed by atoms with van der Waals surface area (Å²) in [5.41, 5.74) is -2.90. The van der Waals surface area contributed by atoms with E-state index in [-0.39, 0.29) is 18.5 Å². The van der Waals surface area contributed by atoms with Crippen molar-refractivity contribution in [1.29, 1.82) is 0 Å². The lowest BCUT2D eigenvalue weighted by Crippen LogP contribution is -2.11. The molecule has 2 aromatic rings. The first-order chi connectivity index (χ1) is 12.5. The van der Waals surface area contributed by atoms with Crippen LogP contribution in [0.4, 0.5) is 26.3 Å². The van der Waals surface area contributed by atoms with E-state index in [0.717, 1.165) is 0 Å². The van der Waals surface area contributed by atoms with E-state index in [1.165, 1.54) is 13.0 Å². The minimum absolute atomic E-state index is 0.0366. The summed E-state index contributed by atoms with van der Waals surface area (Å²) < 4.78 is 81.9. The molecule has 0 aliphatic rings. The Balaban J connectivity index is 2.20. The minimum atomic E-state index is -4.93. The fourth-order valence-electron chi connectivity index (χ4n) is 2.09. The van der Waals surface area contributed by atoms with Gasteiger partial charge in [0.15, 0.2) is 5.78 Å². The number of ether oxygens (including phenoxy) is 1. The van der Waals surface area contributed by atoms with Crippen LogP contribution in [0.2, 0.25) is 0 Å². The van der Waals surface area contributed by atoms with Crippen LogP contribution in [0.1, 0.15) is 34.0 Å². The zero-order valence-corrected chi connectivity index (χ0v) is 13.8. The highest BCUT2D eigenvalue weighted by Crippen LogP contribution is 2.36. The van der Waals surface area contributed by atoms with Crippen LogP contribution >= 0.6 is 0 Å². The third-order valence-electron chi connectivity index (χ3n) is 3.37. The molecule has 0 fully saturated rings. The summed E-state index contributed by atoms with van der Waals surface area (Å²) in [5, 5.41) is 0. The van der Waals surface area contributed by atoms with Crippen LogP contribution in [0.5, 0.6) is 5.75 Å². The van der Waals surface area contributed by atoms with Crippen molar-refractivity contribution in [3.8, 4) is 17.6 Å². The predicted molar refractivity (Wildman–Crippen MR) is 85.3 cm³/mol. The Morgan fingerprint density at radius 3 is 2.07 bits per heavy atom. The number of ketones is 1. The maximum absolute atomic E-state index is 12.8. The first-order valence-electron chi connectivity index (χ1n) is 7.49. The molecule has 0 aromatic heterocycles. The van der Waals surface area contributed by atoms with E-state index in [9.17, 15) is 31.1 Å². The van der Waals surface area contributed by atoms with E-state index in [1.807, 2.05) is 0 Å². The number of carbonyl (C=O) groups is 1. The molecule has 2 aromatic carbocycles. The zero-order valence-electron chi connectivity index (χ0n) is 13.8. The van der Waals surface area contributed by atoms with Gasteiger partial charge in [-0.3, -0.25) is 4.79 Å². The Kier molecular flexibility index (Phi) is 5.84. The van der Waals surface area contributed by atoms with Crippen molar-refractivity contribution in [3.63, 3.8) is 0 Å². The Morgan fingerprint density at radius 2 is 1.56 bits per heavy atom. The third-order valence-corrected chi connectivity index (χ3v) is 3.37. The van der Waals surface area contributed by atoms with Crippen LogP contribution in [0.15, 0.2) is 42.5 Å². The van der Waals surface area contributed by atoms with E-state index in [4.69, 9.17) is 4.74 Å². The predicted octanol–water partition coefficient (Wildman–Crippen LogP) is 5.36. The molecule has 27 heavy (non-hydrogen) atoms. The van der Waals surface area contributed by atoms with Gasteiger partial charge in [-0.2, -0.15) is 26.3 Å². The van der Waals surface area contributed by atoms with Crippen LogP contribution in [0.3, 0.4) is 0 Å². The Labute approximate surface area is 150 Å². The molecule has 0 heterocycles. The number of hydrogen-bond acceptors (Lipinski definition) is 2. The molecular formula is C19H12F6O2. The van der Waals surface area contributed by atoms with E-state index in [2.05, 4.69) is 11.8 Å². The maximum atomic E-state index is 12.8. The molecule has 2 nitrogen and oxygen atoms in total. The molecule has 8 heteroatoms. The second kappa shape index (κ2) is 7.74.